The normalized spacial score (nSPS) is 13.3. The van der Waals surface area contributed by atoms with Crippen LogP contribution >= 0.6 is 11.3 Å². The van der Waals surface area contributed by atoms with Crippen molar-refractivity contribution in [3.05, 3.63) is 87.6 Å². The number of fused-ring (bicyclic) bond motifs is 4. The zero-order chi connectivity index (χ0) is 34.9. The van der Waals surface area contributed by atoms with E-state index >= 15 is 0 Å². The van der Waals surface area contributed by atoms with E-state index in [9.17, 15) is 19.2 Å². The molecule has 3 amide bonds. The van der Waals surface area contributed by atoms with Crippen molar-refractivity contribution in [2.24, 2.45) is 0 Å². The van der Waals surface area contributed by atoms with Gasteiger partial charge in [-0.3, -0.25) is 14.5 Å². The fourth-order valence-electron chi connectivity index (χ4n) is 5.84. The monoisotopic (exact) mass is 682 g/mol. The van der Waals surface area contributed by atoms with Crippen LogP contribution in [0.2, 0.25) is 0 Å². The predicted octanol–water partition coefficient (Wildman–Crippen LogP) is 6.84. The van der Waals surface area contributed by atoms with Gasteiger partial charge in [-0.1, -0.05) is 13.0 Å². The highest BCUT2D eigenvalue weighted by molar-refractivity contribution is 7.13. The van der Waals surface area contributed by atoms with Crippen LogP contribution in [-0.2, 0) is 29.0 Å². The van der Waals surface area contributed by atoms with Crippen LogP contribution in [0.25, 0.3) is 21.6 Å². The van der Waals surface area contributed by atoms with E-state index in [4.69, 9.17) is 14.2 Å². The van der Waals surface area contributed by atoms with Crippen molar-refractivity contribution in [3.63, 3.8) is 0 Å². The summed E-state index contributed by atoms with van der Waals surface area (Å²) in [7, 11) is 1.24. The number of amides is 3. The van der Waals surface area contributed by atoms with Gasteiger partial charge in [0.05, 0.1) is 13.7 Å². The van der Waals surface area contributed by atoms with Crippen molar-refractivity contribution in [1.29, 1.82) is 0 Å². The molecule has 6 rings (SSSR count). The van der Waals surface area contributed by atoms with Crippen LogP contribution in [0, 0.1) is 0 Å². The molecule has 0 saturated heterocycles. The van der Waals surface area contributed by atoms with Crippen LogP contribution in [0.4, 0.5) is 10.5 Å². The molecule has 0 radical (unpaired) electrons. The third-order valence-electron chi connectivity index (χ3n) is 8.16. The van der Waals surface area contributed by atoms with Gasteiger partial charge in [0.2, 0.25) is 0 Å². The number of hydrogen-bond acceptors (Lipinski definition) is 9. The van der Waals surface area contributed by atoms with E-state index in [1.165, 1.54) is 13.2 Å². The molecule has 4 aromatic rings. The second kappa shape index (κ2) is 13.7. The van der Waals surface area contributed by atoms with Crippen LogP contribution in [-0.4, -0.2) is 59.6 Å². The Hall–Kier alpha value is -5.23. The van der Waals surface area contributed by atoms with Gasteiger partial charge >= 0.3 is 12.1 Å². The topological polar surface area (TPSA) is 136 Å². The second-order valence-electron chi connectivity index (χ2n) is 12.9. The van der Waals surface area contributed by atoms with Gasteiger partial charge in [-0.2, -0.15) is 0 Å². The molecule has 0 atom stereocenters. The van der Waals surface area contributed by atoms with E-state index in [1.54, 1.807) is 40.5 Å². The standard InChI is InChI=1S/C37H38N4O7S/c1-6-13-38-34(43)29-10-9-25(31(40-29)35(44)46-5)26-18-30-28(32-21(11-14-47-30)12-15-49-32)17-27(26)33(42)39-24-8-7-22-19-41(20-23(22)16-24)36(45)48-37(2,3)4/h7-10,12,15-18H,6,11,13-14,19-20H2,1-5H3,(H,38,43)(H,39,42). The highest BCUT2D eigenvalue weighted by atomic mass is 32.1. The van der Waals surface area contributed by atoms with Gasteiger partial charge < -0.3 is 24.8 Å². The third kappa shape index (κ3) is 7.14. The van der Waals surface area contributed by atoms with Crippen LogP contribution in [0.15, 0.2) is 53.9 Å². The summed E-state index contributed by atoms with van der Waals surface area (Å²) in [6.45, 7) is 9.07. The Bertz CT molecular complexity index is 1960. The zero-order valence-corrected chi connectivity index (χ0v) is 28.9. The fraction of sp³-hybridized carbons (Fsp3) is 0.324. The summed E-state index contributed by atoms with van der Waals surface area (Å²) in [6, 6.07) is 14.2. The molecule has 11 nitrogen and oxygen atoms in total. The number of benzene rings is 2. The minimum absolute atomic E-state index is 0.0522. The lowest BCUT2D eigenvalue weighted by Crippen LogP contribution is -2.33. The molecule has 0 saturated carbocycles. The number of hydrogen-bond donors (Lipinski definition) is 2. The van der Waals surface area contributed by atoms with Crippen molar-refractivity contribution in [2.75, 3.05) is 25.6 Å². The van der Waals surface area contributed by atoms with Gasteiger partial charge in [0.1, 0.15) is 17.0 Å². The number of rotatable bonds is 7. The summed E-state index contributed by atoms with van der Waals surface area (Å²) in [5, 5.41) is 7.81. The maximum Gasteiger partial charge on any atom is 0.410 e. The Labute approximate surface area is 288 Å². The molecule has 254 valence electrons. The average Bonchev–Trinajstić information content (AvgIpc) is 3.69. The molecule has 2 aliphatic heterocycles. The van der Waals surface area contributed by atoms with Crippen molar-refractivity contribution >= 4 is 40.9 Å². The first-order valence-electron chi connectivity index (χ1n) is 16.1. The molecular formula is C37H38N4O7S. The number of pyridine rings is 1. The van der Waals surface area contributed by atoms with Crippen LogP contribution < -0.4 is 15.4 Å². The van der Waals surface area contributed by atoms with Gasteiger partial charge in [0.15, 0.2) is 5.69 Å². The number of aromatic nitrogens is 1. The number of esters is 1. The molecule has 12 heteroatoms. The van der Waals surface area contributed by atoms with Crippen molar-refractivity contribution in [2.45, 2.75) is 59.2 Å². The quantitative estimate of drug-likeness (QED) is 0.202. The Balaban J connectivity index is 1.40. The highest BCUT2D eigenvalue weighted by Gasteiger charge is 2.30. The molecule has 49 heavy (non-hydrogen) atoms. The molecule has 0 bridgehead atoms. The van der Waals surface area contributed by atoms with Gasteiger partial charge in [-0.15, -0.1) is 11.3 Å². The highest BCUT2D eigenvalue weighted by Crippen LogP contribution is 2.43. The van der Waals surface area contributed by atoms with Crippen LogP contribution in [0.1, 0.15) is 82.1 Å². The Morgan fingerprint density at radius 2 is 1.73 bits per heavy atom. The minimum atomic E-state index is -0.754. The lowest BCUT2D eigenvalue weighted by molar-refractivity contribution is 0.0241. The lowest BCUT2D eigenvalue weighted by atomic mass is 9.93. The molecule has 2 aliphatic rings. The first-order chi connectivity index (χ1) is 23.5. The summed E-state index contributed by atoms with van der Waals surface area (Å²) >= 11 is 1.56. The smallest absolute Gasteiger partial charge is 0.410 e. The minimum Gasteiger partial charge on any atom is -0.493 e. The van der Waals surface area contributed by atoms with E-state index < -0.39 is 29.5 Å². The van der Waals surface area contributed by atoms with E-state index in [0.29, 0.717) is 55.2 Å². The lowest BCUT2D eigenvalue weighted by Gasteiger charge is -2.24. The van der Waals surface area contributed by atoms with Gasteiger partial charge in [0, 0.05) is 58.9 Å². The Kier molecular flexibility index (Phi) is 9.42. The molecule has 2 N–H and O–H groups in total. The number of nitrogens with zero attached hydrogens (tertiary/aromatic N) is 2. The zero-order valence-electron chi connectivity index (χ0n) is 28.1. The maximum atomic E-state index is 14.3. The third-order valence-corrected chi connectivity index (χ3v) is 9.15. The van der Waals surface area contributed by atoms with Crippen LogP contribution in [0.5, 0.6) is 5.75 Å². The van der Waals surface area contributed by atoms with E-state index in [2.05, 4.69) is 21.7 Å². The number of ether oxygens (including phenoxy) is 3. The molecule has 0 fully saturated rings. The first-order valence-corrected chi connectivity index (χ1v) is 17.0. The number of thiophene rings is 1. The Morgan fingerprint density at radius 3 is 2.49 bits per heavy atom. The molecule has 0 unspecified atom stereocenters. The SMILES string of the molecule is CCCNC(=O)c1ccc(-c2cc3c(cc2C(=O)Nc2ccc4c(c2)CN(C(=O)OC(C)(C)C)C4)-c2sccc2CCO3)c(C(=O)OC)n1. The molecule has 0 aliphatic carbocycles. The van der Waals surface area contributed by atoms with Gasteiger partial charge in [-0.05, 0) is 91.7 Å². The summed E-state index contributed by atoms with van der Waals surface area (Å²) in [4.78, 5) is 59.9. The van der Waals surface area contributed by atoms with Crippen molar-refractivity contribution in [1.82, 2.24) is 15.2 Å². The molecule has 4 heterocycles. The number of nitrogens with one attached hydrogen (secondary N) is 2. The summed E-state index contributed by atoms with van der Waals surface area (Å²) < 4.78 is 16.8. The van der Waals surface area contributed by atoms with E-state index in [-0.39, 0.29) is 17.0 Å². The summed E-state index contributed by atoms with van der Waals surface area (Å²) in [5.74, 6) is -1.04. The predicted molar refractivity (Wildman–Crippen MR) is 186 cm³/mol. The summed E-state index contributed by atoms with van der Waals surface area (Å²) in [5.41, 5.74) is 4.60. The second-order valence-corrected chi connectivity index (χ2v) is 13.8. The van der Waals surface area contributed by atoms with Gasteiger partial charge in [-0.25, -0.2) is 14.6 Å². The number of anilines is 1. The van der Waals surface area contributed by atoms with E-state index in [1.807, 2.05) is 45.2 Å². The number of methoxy groups -OCH3 is 1. The summed E-state index contributed by atoms with van der Waals surface area (Å²) in [6.07, 6.45) is 1.04. The largest absolute Gasteiger partial charge is 0.493 e. The van der Waals surface area contributed by atoms with Crippen LogP contribution in [0.3, 0.4) is 0 Å². The van der Waals surface area contributed by atoms with Crippen molar-refractivity contribution < 1.29 is 33.4 Å². The van der Waals surface area contributed by atoms with E-state index in [0.717, 1.165) is 33.6 Å². The first kappa shape index (κ1) is 33.7. The number of carbonyl (C=O) groups excluding carboxylic acids is 4. The molecule has 2 aromatic carbocycles. The molecular weight excluding hydrogens is 644 g/mol. The average molecular weight is 683 g/mol. The maximum absolute atomic E-state index is 14.3. The molecule has 2 aromatic heterocycles. The molecule has 0 spiro atoms. The Morgan fingerprint density at radius 1 is 0.939 bits per heavy atom. The van der Waals surface area contributed by atoms with Crippen molar-refractivity contribution in [3.8, 4) is 27.3 Å². The van der Waals surface area contributed by atoms with Gasteiger partial charge in [0.25, 0.3) is 11.8 Å². The fourth-order valence-corrected chi connectivity index (χ4v) is 6.81. The number of carbonyl (C=O) groups is 4.